The summed E-state index contributed by atoms with van der Waals surface area (Å²) in [6.45, 7) is 0.993. The summed E-state index contributed by atoms with van der Waals surface area (Å²) < 4.78 is 18.6. The molecule has 6 heteroatoms. The Balaban J connectivity index is 1.50. The van der Waals surface area contributed by atoms with Crippen LogP contribution < -0.4 is 15.0 Å². The summed E-state index contributed by atoms with van der Waals surface area (Å²) >= 11 is 0. The first-order valence-corrected chi connectivity index (χ1v) is 9.40. The molecule has 3 aromatic rings. The summed E-state index contributed by atoms with van der Waals surface area (Å²) in [5.41, 5.74) is 1.42. The second-order valence-corrected chi connectivity index (χ2v) is 7.02. The van der Waals surface area contributed by atoms with Crippen LogP contribution in [0.25, 0.3) is 10.9 Å². The van der Waals surface area contributed by atoms with Crippen molar-refractivity contribution in [2.75, 3.05) is 25.1 Å². The highest BCUT2D eigenvalue weighted by molar-refractivity contribution is 6.07. The van der Waals surface area contributed by atoms with Gasteiger partial charge in [0.05, 0.1) is 17.6 Å². The van der Waals surface area contributed by atoms with Gasteiger partial charge in [-0.2, -0.15) is 0 Å². The average Bonchev–Trinajstić information content (AvgIpc) is 3.52. The van der Waals surface area contributed by atoms with Crippen molar-refractivity contribution in [3.05, 3.63) is 66.0 Å². The Kier molecular flexibility index (Phi) is 5.10. The zero-order valence-electron chi connectivity index (χ0n) is 15.7. The fourth-order valence-electron chi connectivity index (χ4n) is 2.98. The third-order valence-electron chi connectivity index (χ3n) is 4.76. The van der Waals surface area contributed by atoms with Gasteiger partial charge in [-0.1, -0.05) is 18.2 Å². The molecular formula is C22H22FN3O2. The van der Waals surface area contributed by atoms with Crippen LogP contribution in [0, 0.1) is 5.82 Å². The molecule has 1 aliphatic rings. The van der Waals surface area contributed by atoms with E-state index in [1.165, 1.54) is 12.1 Å². The van der Waals surface area contributed by atoms with Crippen molar-refractivity contribution in [1.29, 1.82) is 0 Å². The maximum atomic E-state index is 13.0. The number of ether oxygens (including phenoxy) is 1. The minimum atomic E-state index is -0.290. The number of likely N-dealkylation sites (N-methyl/N-ethyl adjacent to an activating group) is 1. The number of carbonyl (C=O) groups is 1. The van der Waals surface area contributed by atoms with Crippen LogP contribution in [0.2, 0.25) is 0 Å². The van der Waals surface area contributed by atoms with Crippen LogP contribution >= 0.6 is 0 Å². The molecule has 0 radical (unpaired) electrons. The zero-order chi connectivity index (χ0) is 19.5. The number of nitrogens with one attached hydrogen (secondary N) is 1. The molecule has 0 unspecified atom stereocenters. The quantitative estimate of drug-likeness (QED) is 0.679. The molecule has 1 saturated carbocycles. The highest BCUT2D eigenvalue weighted by Gasteiger charge is 2.25. The molecular weight excluding hydrogens is 357 g/mol. The molecule has 4 rings (SSSR count). The molecule has 0 spiro atoms. The average molecular weight is 379 g/mol. The van der Waals surface area contributed by atoms with Gasteiger partial charge in [0.15, 0.2) is 0 Å². The van der Waals surface area contributed by atoms with E-state index in [4.69, 9.17) is 9.72 Å². The van der Waals surface area contributed by atoms with Crippen molar-refractivity contribution >= 4 is 22.6 Å². The molecule has 0 saturated heterocycles. The number of benzene rings is 2. The van der Waals surface area contributed by atoms with Gasteiger partial charge in [-0.15, -0.1) is 0 Å². The lowest BCUT2D eigenvalue weighted by molar-refractivity contribution is 0.0952. The molecule has 2 aromatic carbocycles. The van der Waals surface area contributed by atoms with Crippen molar-refractivity contribution in [2.45, 2.75) is 18.9 Å². The minimum absolute atomic E-state index is 0.0571. The summed E-state index contributed by atoms with van der Waals surface area (Å²) in [6.07, 6.45) is 2.09. The highest BCUT2D eigenvalue weighted by atomic mass is 19.1. The monoisotopic (exact) mass is 379 g/mol. The van der Waals surface area contributed by atoms with E-state index < -0.39 is 0 Å². The summed E-state index contributed by atoms with van der Waals surface area (Å²) in [5.74, 6) is 0.980. The predicted molar refractivity (Wildman–Crippen MR) is 107 cm³/mol. The minimum Gasteiger partial charge on any atom is -0.492 e. The summed E-state index contributed by atoms with van der Waals surface area (Å²) in [6, 6.07) is 15.7. The van der Waals surface area contributed by atoms with E-state index in [9.17, 15) is 9.18 Å². The van der Waals surface area contributed by atoms with Gasteiger partial charge in [-0.25, -0.2) is 9.37 Å². The maximum Gasteiger partial charge on any atom is 0.252 e. The molecule has 1 amide bonds. The Morgan fingerprint density at radius 1 is 1.21 bits per heavy atom. The van der Waals surface area contributed by atoms with Crippen LogP contribution in [0.5, 0.6) is 5.75 Å². The number of amides is 1. The third-order valence-corrected chi connectivity index (χ3v) is 4.76. The molecule has 1 N–H and O–H groups in total. The smallest absolute Gasteiger partial charge is 0.252 e. The van der Waals surface area contributed by atoms with E-state index in [1.807, 2.05) is 42.3 Å². The maximum absolute atomic E-state index is 13.0. The number of pyridine rings is 1. The van der Waals surface area contributed by atoms with Crippen molar-refractivity contribution in [3.63, 3.8) is 0 Å². The van der Waals surface area contributed by atoms with Crippen LogP contribution in [0.15, 0.2) is 54.6 Å². The number of halogens is 1. The number of hydrogen-bond donors (Lipinski definition) is 1. The second kappa shape index (κ2) is 7.84. The first kappa shape index (κ1) is 18.2. The Morgan fingerprint density at radius 2 is 1.96 bits per heavy atom. The molecule has 5 nitrogen and oxygen atoms in total. The number of carbonyl (C=O) groups excluding carboxylic acids is 1. The number of anilines is 1. The van der Waals surface area contributed by atoms with E-state index in [-0.39, 0.29) is 11.7 Å². The first-order chi connectivity index (χ1) is 13.6. The predicted octanol–water partition coefficient (Wildman–Crippen LogP) is 3.78. The van der Waals surface area contributed by atoms with Crippen molar-refractivity contribution in [3.8, 4) is 5.75 Å². The van der Waals surface area contributed by atoms with Crippen LogP contribution in [0.3, 0.4) is 0 Å². The van der Waals surface area contributed by atoms with Crippen molar-refractivity contribution in [1.82, 2.24) is 10.3 Å². The van der Waals surface area contributed by atoms with E-state index in [0.717, 1.165) is 23.7 Å². The fourth-order valence-corrected chi connectivity index (χ4v) is 2.98. The van der Waals surface area contributed by atoms with Gasteiger partial charge in [0, 0.05) is 18.5 Å². The topological polar surface area (TPSA) is 54.5 Å². The molecule has 0 aliphatic heterocycles. The molecule has 1 aliphatic carbocycles. The van der Waals surface area contributed by atoms with Gasteiger partial charge in [0.25, 0.3) is 5.91 Å². The van der Waals surface area contributed by atoms with E-state index >= 15 is 0 Å². The molecule has 1 fully saturated rings. The Morgan fingerprint density at radius 3 is 2.71 bits per heavy atom. The molecule has 0 atom stereocenters. The second-order valence-electron chi connectivity index (χ2n) is 7.02. The van der Waals surface area contributed by atoms with E-state index in [1.54, 1.807) is 12.1 Å². The van der Waals surface area contributed by atoms with Gasteiger partial charge < -0.3 is 15.0 Å². The standard InChI is InChI=1S/C22H22FN3O2/c1-26(12-13-28-17-10-6-15(23)7-11-17)21-14-19(22(27)24-16-8-9-16)18-4-2-3-5-20(18)25-21/h2-7,10-11,14,16H,8-9,12-13H2,1H3,(H,24,27). The van der Waals surface area contributed by atoms with Gasteiger partial charge in [-0.3, -0.25) is 4.79 Å². The van der Waals surface area contributed by atoms with Gasteiger partial charge >= 0.3 is 0 Å². The summed E-state index contributed by atoms with van der Waals surface area (Å²) in [7, 11) is 1.91. The van der Waals surface area contributed by atoms with Crippen molar-refractivity contribution < 1.29 is 13.9 Å². The Bertz CT molecular complexity index is 987. The first-order valence-electron chi connectivity index (χ1n) is 9.40. The number of para-hydroxylation sites is 1. The Labute approximate surface area is 163 Å². The van der Waals surface area contributed by atoms with Crippen LogP contribution in [-0.2, 0) is 0 Å². The molecule has 28 heavy (non-hydrogen) atoms. The van der Waals surface area contributed by atoms with Gasteiger partial charge in [0.1, 0.15) is 24.0 Å². The third kappa shape index (κ3) is 4.22. The number of aromatic nitrogens is 1. The number of nitrogens with zero attached hydrogens (tertiary/aromatic N) is 2. The number of hydrogen-bond acceptors (Lipinski definition) is 4. The lowest BCUT2D eigenvalue weighted by atomic mass is 10.1. The Hall–Kier alpha value is -3.15. The molecule has 144 valence electrons. The SMILES string of the molecule is CN(CCOc1ccc(F)cc1)c1cc(C(=O)NC2CC2)c2ccccc2n1. The lowest BCUT2D eigenvalue weighted by Gasteiger charge is -2.20. The molecule has 0 bridgehead atoms. The summed E-state index contributed by atoms with van der Waals surface area (Å²) in [5, 5.41) is 3.90. The zero-order valence-corrected chi connectivity index (χ0v) is 15.7. The number of rotatable bonds is 7. The molecule has 1 heterocycles. The number of fused-ring (bicyclic) bond motifs is 1. The van der Waals surface area contributed by atoms with Crippen LogP contribution in [-0.4, -0.2) is 37.1 Å². The van der Waals surface area contributed by atoms with E-state index in [2.05, 4.69) is 5.32 Å². The normalized spacial score (nSPS) is 13.4. The summed E-state index contributed by atoms with van der Waals surface area (Å²) in [4.78, 5) is 19.3. The van der Waals surface area contributed by atoms with Crippen LogP contribution in [0.4, 0.5) is 10.2 Å². The largest absolute Gasteiger partial charge is 0.492 e. The highest BCUT2D eigenvalue weighted by Crippen LogP contribution is 2.25. The van der Waals surface area contributed by atoms with Crippen LogP contribution in [0.1, 0.15) is 23.2 Å². The lowest BCUT2D eigenvalue weighted by Crippen LogP contribution is -2.28. The van der Waals surface area contributed by atoms with E-state index in [0.29, 0.717) is 36.3 Å². The molecule has 1 aromatic heterocycles. The van der Waals surface area contributed by atoms with Gasteiger partial charge in [-0.05, 0) is 49.2 Å². The fraction of sp³-hybridized carbons (Fsp3) is 0.273. The van der Waals surface area contributed by atoms with Gasteiger partial charge in [0.2, 0.25) is 0 Å². The van der Waals surface area contributed by atoms with Crippen molar-refractivity contribution in [2.24, 2.45) is 0 Å².